The third-order valence-electron chi connectivity index (χ3n) is 8.38. The number of fused-ring (bicyclic) bond motifs is 5. The maximum absolute atomic E-state index is 4.85. The minimum Gasteiger partial charge on any atom is -0.315 e. The maximum atomic E-state index is 4.85. The molecule has 3 unspecified atom stereocenters. The number of benzene rings is 2. The Morgan fingerprint density at radius 3 is 2.28 bits per heavy atom. The highest BCUT2D eigenvalue weighted by Crippen LogP contribution is 2.65. The van der Waals surface area contributed by atoms with E-state index in [9.17, 15) is 0 Å². The van der Waals surface area contributed by atoms with Crippen molar-refractivity contribution in [2.75, 3.05) is 9.80 Å². The van der Waals surface area contributed by atoms with E-state index in [2.05, 4.69) is 97.9 Å². The van der Waals surface area contributed by atoms with E-state index in [4.69, 9.17) is 4.98 Å². The van der Waals surface area contributed by atoms with Gasteiger partial charge in [0.1, 0.15) is 18.2 Å². The molecule has 3 aromatic rings. The molecule has 4 heteroatoms. The Hall–Kier alpha value is -2.88. The van der Waals surface area contributed by atoms with Crippen LogP contribution < -0.4 is 9.80 Å². The van der Waals surface area contributed by atoms with Crippen LogP contribution in [0.5, 0.6) is 0 Å². The molecule has 0 radical (unpaired) electrons. The summed E-state index contributed by atoms with van der Waals surface area (Å²) in [6.07, 6.45) is 8.38. The van der Waals surface area contributed by atoms with Gasteiger partial charge in [-0.2, -0.15) is 0 Å². The summed E-state index contributed by atoms with van der Waals surface area (Å²) in [5.74, 6) is 1.01. The number of anilines is 4. The number of para-hydroxylation sites is 2. The molecular formula is C28H34N4. The smallest absolute Gasteiger partial charge is 0.162 e. The summed E-state index contributed by atoms with van der Waals surface area (Å²) in [4.78, 5) is 14.3. The van der Waals surface area contributed by atoms with E-state index in [0.717, 1.165) is 24.3 Å². The molecule has 0 N–H and O–H groups in total. The zero-order valence-corrected chi connectivity index (χ0v) is 20.0. The molecule has 3 atom stereocenters. The van der Waals surface area contributed by atoms with E-state index in [0.29, 0.717) is 0 Å². The van der Waals surface area contributed by atoms with Crippen LogP contribution in [-0.2, 0) is 5.41 Å². The summed E-state index contributed by atoms with van der Waals surface area (Å²) in [5.41, 5.74) is 6.50. The van der Waals surface area contributed by atoms with Crippen molar-refractivity contribution in [3.8, 4) is 0 Å². The van der Waals surface area contributed by atoms with Gasteiger partial charge in [0.05, 0.1) is 6.20 Å². The fourth-order valence-corrected chi connectivity index (χ4v) is 6.73. The zero-order valence-electron chi connectivity index (χ0n) is 20.0. The second-order valence-corrected chi connectivity index (χ2v) is 9.61. The molecule has 0 spiro atoms. The van der Waals surface area contributed by atoms with Crippen molar-refractivity contribution in [3.05, 3.63) is 72.2 Å². The minimum absolute atomic E-state index is 0.00902. The van der Waals surface area contributed by atoms with Crippen molar-refractivity contribution >= 4 is 22.9 Å². The van der Waals surface area contributed by atoms with Crippen LogP contribution in [0, 0.1) is 12.3 Å². The van der Waals surface area contributed by atoms with Crippen LogP contribution in [0.25, 0.3) is 0 Å². The van der Waals surface area contributed by atoms with Gasteiger partial charge in [-0.05, 0) is 49.4 Å². The van der Waals surface area contributed by atoms with E-state index >= 15 is 0 Å². The SMILES string of the molecule is CCCC1(CC)c2ccccc2N2c3cncnc3N(c3ccccc3C)C2C1(C)CC. The quantitative estimate of drug-likeness (QED) is 0.429. The average Bonchev–Trinajstić information content (AvgIpc) is 3.18. The zero-order chi connectivity index (χ0) is 22.5. The standard InChI is InChI=1S/C28H34N4/c1-6-17-28(8-3)21-14-10-12-16-23(21)31-24-18-29-19-30-25(24)32(26(31)27(28,5)7-2)22-15-11-9-13-20(22)4/h9-16,18-19,26H,6-8,17H2,1-5H3. The molecule has 166 valence electrons. The molecule has 3 heterocycles. The van der Waals surface area contributed by atoms with E-state index < -0.39 is 0 Å². The van der Waals surface area contributed by atoms with Crippen LogP contribution in [-0.4, -0.2) is 16.1 Å². The molecule has 0 bridgehead atoms. The maximum Gasteiger partial charge on any atom is 0.162 e. The van der Waals surface area contributed by atoms with Gasteiger partial charge < -0.3 is 9.80 Å². The van der Waals surface area contributed by atoms with Crippen molar-refractivity contribution in [1.82, 2.24) is 9.97 Å². The van der Waals surface area contributed by atoms with Crippen LogP contribution in [0.1, 0.15) is 64.5 Å². The van der Waals surface area contributed by atoms with E-state index in [1.54, 1.807) is 6.33 Å². The predicted molar refractivity (Wildman–Crippen MR) is 133 cm³/mol. The molecule has 1 aromatic heterocycles. The molecule has 0 saturated heterocycles. The monoisotopic (exact) mass is 426 g/mol. The van der Waals surface area contributed by atoms with Gasteiger partial charge in [0.25, 0.3) is 0 Å². The van der Waals surface area contributed by atoms with E-state index in [1.807, 2.05) is 6.20 Å². The van der Waals surface area contributed by atoms with Crippen molar-refractivity contribution in [3.63, 3.8) is 0 Å². The van der Waals surface area contributed by atoms with Gasteiger partial charge in [-0.1, -0.05) is 70.5 Å². The van der Waals surface area contributed by atoms with Gasteiger partial charge in [0.15, 0.2) is 5.82 Å². The summed E-state index contributed by atoms with van der Waals surface area (Å²) < 4.78 is 0. The molecule has 4 nitrogen and oxygen atoms in total. The van der Waals surface area contributed by atoms with Gasteiger partial charge in [-0.3, -0.25) is 0 Å². The number of aryl methyl sites for hydroxylation is 1. The summed E-state index contributed by atoms with van der Waals surface area (Å²) in [5, 5.41) is 0. The second-order valence-electron chi connectivity index (χ2n) is 9.61. The Labute approximate surface area is 192 Å². The first-order valence-corrected chi connectivity index (χ1v) is 12.1. The Bertz CT molecular complexity index is 1140. The molecule has 2 aliphatic rings. The fourth-order valence-electron chi connectivity index (χ4n) is 6.73. The highest BCUT2D eigenvalue weighted by molar-refractivity contribution is 5.89. The number of hydrogen-bond donors (Lipinski definition) is 0. The van der Waals surface area contributed by atoms with E-state index in [1.165, 1.54) is 35.3 Å². The lowest BCUT2D eigenvalue weighted by Gasteiger charge is -2.60. The third kappa shape index (κ3) is 2.55. The van der Waals surface area contributed by atoms with Crippen LogP contribution in [0.2, 0.25) is 0 Å². The summed E-state index contributed by atoms with van der Waals surface area (Å²) in [6, 6.07) is 17.8. The van der Waals surface area contributed by atoms with Crippen LogP contribution in [0.3, 0.4) is 0 Å². The lowest BCUT2D eigenvalue weighted by molar-refractivity contribution is 0.0723. The number of hydrogen-bond acceptors (Lipinski definition) is 4. The number of nitrogens with zero attached hydrogens (tertiary/aromatic N) is 4. The van der Waals surface area contributed by atoms with Gasteiger partial charge >= 0.3 is 0 Å². The predicted octanol–water partition coefficient (Wildman–Crippen LogP) is 7.28. The van der Waals surface area contributed by atoms with Crippen molar-refractivity contribution in [2.45, 2.75) is 71.9 Å². The molecule has 2 aromatic carbocycles. The van der Waals surface area contributed by atoms with Gasteiger partial charge in [0, 0.05) is 22.2 Å². The molecular weight excluding hydrogens is 392 g/mol. The second kappa shape index (κ2) is 7.61. The fraction of sp³-hybridized carbons (Fsp3) is 0.429. The lowest BCUT2D eigenvalue weighted by Crippen LogP contribution is -2.63. The van der Waals surface area contributed by atoms with Crippen LogP contribution >= 0.6 is 0 Å². The molecule has 0 aliphatic carbocycles. The Kier molecular flexibility index (Phi) is 4.99. The molecule has 0 amide bonds. The summed E-state index contributed by atoms with van der Waals surface area (Å²) in [7, 11) is 0. The third-order valence-corrected chi connectivity index (χ3v) is 8.38. The first-order chi connectivity index (χ1) is 15.5. The largest absolute Gasteiger partial charge is 0.315 e. The van der Waals surface area contributed by atoms with Crippen LogP contribution in [0.4, 0.5) is 22.9 Å². The summed E-state index contributed by atoms with van der Waals surface area (Å²) in [6.45, 7) is 11.8. The normalized spacial score (nSPS) is 26.0. The van der Waals surface area contributed by atoms with Crippen molar-refractivity contribution in [2.24, 2.45) is 5.41 Å². The molecule has 0 saturated carbocycles. The molecule has 5 rings (SSSR count). The Balaban J connectivity index is 1.88. The first-order valence-electron chi connectivity index (χ1n) is 12.1. The lowest BCUT2D eigenvalue weighted by atomic mass is 9.52. The molecule has 2 aliphatic heterocycles. The van der Waals surface area contributed by atoms with Crippen LogP contribution in [0.15, 0.2) is 61.1 Å². The molecule has 0 fully saturated rings. The minimum atomic E-state index is 0.00902. The van der Waals surface area contributed by atoms with Gasteiger partial charge in [-0.15, -0.1) is 0 Å². The van der Waals surface area contributed by atoms with E-state index in [-0.39, 0.29) is 17.0 Å². The summed E-state index contributed by atoms with van der Waals surface area (Å²) >= 11 is 0. The highest BCUT2D eigenvalue weighted by atomic mass is 15.5. The number of aromatic nitrogens is 2. The average molecular weight is 427 g/mol. The van der Waals surface area contributed by atoms with Gasteiger partial charge in [0.2, 0.25) is 0 Å². The van der Waals surface area contributed by atoms with Crippen molar-refractivity contribution < 1.29 is 0 Å². The van der Waals surface area contributed by atoms with Crippen molar-refractivity contribution in [1.29, 1.82) is 0 Å². The number of rotatable bonds is 5. The topological polar surface area (TPSA) is 32.3 Å². The first kappa shape index (κ1) is 21.0. The Morgan fingerprint density at radius 2 is 1.59 bits per heavy atom. The molecule has 32 heavy (non-hydrogen) atoms. The highest BCUT2D eigenvalue weighted by Gasteiger charge is 2.62. The van der Waals surface area contributed by atoms with Gasteiger partial charge in [-0.25, -0.2) is 9.97 Å². The Morgan fingerprint density at radius 1 is 0.875 bits per heavy atom.